The number of ether oxygens (including phenoxy) is 2. The van der Waals surface area contributed by atoms with Crippen LogP contribution in [0.1, 0.15) is 31.2 Å². The molecular formula is C20H29ClIN3O2. The number of methoxy groups -OCH3 is 1. The molecule has 2 aliphatic carbocycles. The van der Waals surface area contributed by atoms with Crippen LogP contribution in [0.5, 0.6) is 5.75 Å². The summed E-state index contributed by atoms with van der Waals surface area (Å²) in [6.07, 6.45) is 6.38. The van der Waals surface area contributed by atoms with Crippen molar-refractivity contribution < 1.29 is 9.47 Å². The van der Waals surface area contributed by atoms with Gasteiger partial charge in [0.05, 0.1) is 13.2 Å². The summed E-state index contributed by atoms with van der Waals surface area (Å²) in [5.74, 6) is 2.31. The van der Waals surface area contributed by atoms with Crippen molar-refractivity contribution in [3.8, 4) is 5.75 Å². The van der Waals surface area contributed by atoms with Gasteiger partial charge in [0.15, 0.2) is 5.96 Å². The molecule has 0 bridgehead atoms. The van der Waals surface area contributed by atoms with Crippen LogP contribution in [0.2, 0.25) is 5.02 Å². The second kappa shape index (κ2) is 8.74. The summed E-state index contributed by atoms with van der Waals surface area (Å²) in [5, 5.41) is 7.88. The first-order chi connectivity index (χ1) is 12.7. The third-order valence-corrected chi connectivity index (χ3v) is 6.85. The van der Waals surface area contributed by atoms with Gasteiger partial charge < -0.3 is 20.1 Å². The fraction of sp³-hybridized carbons (Fsp3) is 0.650. The third kappa shape index (κ3) is 3.77. The Morgan fingerprint density at radius 3 is 2.85 bits per heavy atom. The summed E-state index contributed by atoms with van der Waals surface area (Å²) >= 11 is 6.33. The summed E-state index contributed by atoms with van der Waals surface area (Å²) < 4.78 is 11.2. The highest BCUT2D eigenvalue weighted by Gasteiger charge is 2.66. The molecule has 1 spiro atoms. The van der Waals surface area contributed by atoms with Crippen LogP contribution in [0.3, 0.4) is 0 Å². The van der Waals surface area contributed by atoms with E-state index in [4.69, 9.17) is 21.1 Å². The van der Waals surface area contributed by atoms with Gasteiger partial charge >= 0.3 is 0 Å². The van der Waals surface area contributed by atoms with E-state index in [-0.39, 0.29) is 24.0 Å². The van der Waals surface area contributed by atoms with Crippen molar-refractivity contribution >= 4 is 41.5 Å². The number of fused-ring (bicyclic) bond motifs is 2. The van der Waals surface area contributed by atoms with E-state index >= 15 is 0 Å². The van der Waals surface area contributed by atoms with E-state index in [1.165, 1.54) is 25.7 Å². The number of hydrogen-bond acceptors (Lipinski definition) is 3. The maximum absolute atomic E-state index is 6.33. The molecule has 4 rings (SSSR count). The number of nitrogens with zero attached hydrogens (tertiary/aromatic N) is 1. The third-order valence-electron chi connectivity index (χ3n) is 6.50. The molecule has 150 valence electrons. The molecule has 7 heteroatoms. The zero-order valence-corrected chi connectivity index (χ0v) is 19.1. The highest BCUT2D eigenvalue weighted by atomic mass is 127. The fourth-order valence-corrected chi connectivity index (χ4v) is 5.24. The quantitative estimate of drug-likeness (QED) is 0.365. The Morgan fingerprint density at radius 1 is 1.41 bits per heavy atom. The van der Waals surface area contributed by atoms with Crippen LogP contribution < -0.4 is 15.4 Å². The molecule has 3 unspecified atom stereocenters. The highest BCUT2D eigenvalue weighted by molar-refractivity contribution is 14.0. The Labute approximate surface area is 183 Å². The molecule has 27 heavy (non-hydrogen) atoms. The van der Waals surface area contributed by atoms with Crippen molar-refractivity contribution in [3.05, 3.63) is 28.8 Å². The maximum atomic E-state index is 6.33. The minimum absolute atomic E-state index is 0. The average Bonchev–Trinajstić information content (AvgIpc) is 3.02. The summed E-state index contributed by atoms with van der Waals surface area (Å²) in [5.41, 5.74) is 1.47. The zero-order valence-electron chi connectivity index (χ0n) is 16.0. The molecule has 1 saturated heterocycles. The SMILES string of the molecule is CN=C(NCCc1ccc(OC)cc1Cl)NC1C2CCOC2C12CCC2.I. The van der Waals surface area contributed by atoms with Crippen LogP contribution >= 0.6 is 35.6 Å². The lowest BCUT2D eigenvalue weighted by molar-refractivity contribution is -0.171. The highest BCUT2D eigenvalue weighted by Crippen LogP contribution is 2.62. The van der Waals surface area contributed by atoms with Crippen LogP contribution in [-0.4, -0.2) is 45.4 Å². The lowest BCUT2D eigenvalue weighted by atomic mass is 9.46. The summed E-state index contributed by atoms with van der Waals surface area (Å²) in [4.78, 5) is 4.43. The Bertz CT molecular complexity index is 696. The standard InChI is InChI=1S/C20H28ClN3O2.HI/c1-22-19(23-10-6-13-4-5-14(25-2)12-16(13)21)24-17-15-7-11-26-18(15)20(17)8-3-9-20;/h4-5,12,15,17-18H,3,6-11H2,1-2H3,(H2,22,23,24);1H. The summed E-state index contributed by atoms with van der Waals surface area (Å²) in [6.45, 7) is 1.70. The number of hydrogen-bond donors (Lipinski definition) is 2. The zero-order chi connectivity index (χ0) is 18.1. The van der Waals surface area contributed by atoms with Gasteiger partial charge in [0.1, 0.15) is 5.75 Å². The van der Waals surface area contributed by atoms with E-state index in [0.717, 1.165) is 41.9 Å². The van der Waals surface area contributed by atoms with Gasteiger partial charge in [-0.25, -0.2) is 0 Å². The topological polar surface area (TPSA) is 54.9 Å². The molecule has 1 aliphatic heterocycles. The number of aliphatic imine (C=N–C) groups is 1. The molecule has 2 N–H and O–H groups in total. The predicted octanol–water partition coefficient (Wildman–Crippen LogP) is 3.63. The van der Waals surface area contributed by atoms with E-state index in [1.54, 1.807) is 7.11 Å². The number of benzene rings is 1. The van der Waals surface area contributed by atoms with E-state index in [2.05, 4.69) is 15.6 Å². The van der Waals surface area contributed by atoms with E-state index in [1.807, 2.05) is 25.2 Å². The fourth-order valence-electron chi connectivity index (χ4n) is 4.97. The van der Waals surface area contributed by atoms with Gasteiger partial charge in [0, 0.05) is 42.6 Å². The molecule has 3 atom stereocenters. The van der Waals surface area contributed by atoms with Crippen LogP contribution in [0.15, 0.2) is 23.2 Å². The van der Waals surface area contributed by atoms with Crippen molar-refractivity contribution in [2.45, 2.75) is 44.2 Å². The molecular weight excluding hydrogens is 477 g/mol. The van der Waals surface area contributed by atoms with Crippen LogP contribution in [0.4, 0.5) is 0 Å². The second-order valence-electron chi connectivity index (χ2n) is 7.66. The van der Waals surface area contributed by atoms with Gasteiger partial charge in [-0.3, -0.25) is 4.99 Å². The van der Waals surface area contributed by atoms with Crippen molar-refractivity contribution in [2.24, 2.45) is 16.3 Å². The lowest BCUT2D eigenvalue weighted by Crippen LogP contribution is -2.72. The predicted molar refractivity (Wildman–Crippen MR) is 120 cm³/mol. The maximum Gasteiger partial charge on any atom is 0.191 e. The van der Waals surface area contributed by atoms with Gasteiger partial charge in [-0.05, 0) is 43.4 Å². The van der Waals surface area contributed by atoms with E-state index in [9.17, 15) is 0 Å². The molecule has 0 aromatic heterocycles. The first-order valence-corrected chi connectivity index (χ1v) is 9.97. The molecule has 1 aromatic rings. The Morgan fingerprint density at radius 2 is 2.22 bits per heavy atom. The molecule has 2 saturated carbocycles. The second-order valence-corrected chi connectivity index (χ2v) is 8.07. The van der Waals surface area contributed by atoms with Gasteiger partial charge in [-0.15, -0.1) is 24.0 Å². The van der Waals surface area contributed by atoms with Crippen LogP contribution in [0.25, 0.3) is 0 Å². The summed E-state index contributed by atoms with van der Waals surface area (Å²) in [7, 11) is 3.49. The largest absolute Gasteiger partial charge is 0.497 e. The number of guanidine groups is 1. The van der Waals surface area contributed by atoms with Crippen LogP contribution in [-0.2, 0) is 11.2 Å². The van der Waals surface area contributed by atoms with Gasteiger partial charge in [-0.2, -0.15) is 0 Å². The summed E-state index contributed by atoms with van der Waals surface area (Å²) in [6, 6.07) is 6.33. The minimum atomic E-state index is 0. The van der Waals surface area contributed by atoms with Crippen LogP contribution in [0, 0.1) is 11.3 Å². The number of halogens is 2. The normalized spacial score (nSPS) is 27.8. The number of rotatable bonds is 5. The van der Waals surface area contributed by atoms with E-state index < -0.39 is 0 Å². The molecule has 5 nitrogen and oxygen atoms in total. The van der Waals surface area contributed by atoms with Gasteiger partial charge in [0.25, 0.3) is 0 Å². The monoisotopic (exact) mass is 505 g/mol. The minimum Gasteiger partial charge on any atom is -0.497 e. The Hall–Kier alpha value is -0.730. The Kier molecular flexibility index (Phi) is 6.79. The van der Waals surface area contributed by atoms with Gasteiger partial charge in [0.2, 0.25) is 0 Å². The van der Waals surface area contributed by atoms with Crippen molar-refractivity contribution in [3.63, 3.8) is 0 Å². The molecule has 0 amide bonds. The molecule has 1 aromatic carbocycles. The first kappa shape index (κ1) is 21.0. The first-order valence-electron chi connectivity index (χ1n) is 9.59. The van der Waals surface area contributed by atoms with Gasteiger partial charge in [-0.1, -0.05) is 24.1 Å². The molecule has 3 fully saturated rings. The Balaban J connectivity index is 0.00000210. The van der Waals surface area contributed by atoms with Crippen molar-refractivity contribution in [2.75, 3.05) is 27.3 Å². The molecule has 1 heterocycles. The average molecular weight is 506 g/mol. The number of nitrogens with one attached hydrogen (secondary N) is 2. The van der Waals surface area contributed by atoms with E-state index in [0.29, 0.717) is 23.5 Å². The smallest absolute Gasteiger partial charge is 0.191 e. The van der Waals surface area contributed by atoms with Crippen molar-refractivity contribution in [1.29, 1.82) is 0 Å². The molecule has 3 aliphatic rings. The lowest BCUT2D eigenvalue weighted by Gasteiger charge is -2.63. The van der Waals surface area contributed by atoms with Crippen molar-refractivity contribution in [1.82, 2.24) is 10.6 Å². The molecule has 0 radical (unpaired) electrons.